The molecular weight excluding hydrogens is 400 g/mol. The number of imidazole rings is 1. The Bertz CT molecular complexity index is 1030. The molecule has 0 saturated carbocycles. The highest BCUT2D eigenvalue weighted by atomic mass is 16.5. The maximum atomic E-state index is 5.79. The fourth-order valence-corrected chi connectivity index (χ4v) is 4.34. The van der Waals surface area contributed by atoms with Crippen LogP contribution in [-0.4, -0.2) is 70.5 Å². The predicted octanol–water partition coefficient (Wildman–Crippen LogP) is 3.85. The maximum Gasteiger partial charge on any atom is 0.142 e. The molecule has 0 N–H and O–H groups in total. The van der Waals surface area contributed by atoms with E-state index in [2.05, 4.69) is 83.3 Å². The molecule has 0 bridgehead atoms. The van der Waals surface area contributed by atoms with Crippen LogP contribution in [0.5, 0.6) is 5.75 Å². The molecule has 7 heteroatoms. The second kappa shape index (κ2) is 9.88. The van der Waals surface area contributed by atoms with Gasteiger partial charge in [-0.25, -0.2) is 4.98 Å². The van der Waals surface area contributed by atoms with E-state index in [9.17, 15) is 0 Å². The average Bonchev–Trinajstić information content (AvgIpc) is 3.21. The summed E-state index contributed by atoms with van der Waals surface area (Å²) in [5, 5.41) is 0. The van der Waals surface area contributed by atoms with Crippen molar-refractivity contribution in [3.8, 4) is 5.75 Å². The normalized spacial score (nSPS) is 16.1. The summed E-state index contributed by atoms with van der Waals surface area (Å²) in [7, 11) is 4.34. The van der Waals surface area contributed by atoms with Crippen LogP contribution in [0, 0.1) is 0 Å². The van der Waals surface area contributed by atoms with Gasteiger partial charge in [0.1, 0.15) is 17.2 Å². The highest BCUT2D eigenvalue weighted by Gasteiger charge is 2.26. The molecule has 7 nitrogen and oxygen atoms in total. The first-order chi connectivity index (χ1) is 15.5. The van der Waals surface area contributed by atoms with Crippen molar-refractivity contribution in [1.82, 2.24) is 24.2 Å². The van der Waals surface area contributed by atoms with Crippen LogP contribution in [0.25, 0.3) is 5.65 Å². The maximum absolute atomic E-state index is 5.79. The SMILES string of the molecule is CCN(CCN(C)C(C)C)c1cccc2nc(CN(C)[C@H]3CCOc4cccnc43)cn12. The number of ether oxygens (including phenoxy) is 1. The zero-order valence-electron chi connectivity index (χ0n) is 20.0. The molecule has 4 rings (SSSR count). The van der Waals surface area contributed by atoms with Crippen molar-refractivity contribution >= 4 is 11.5 Å². The van der Waals surface area contributed by atoms with E-state index in [4.69, 9.17) is 9.72 Å². The predicted molar refractivity (Wildman–Crippen MR) is 129 cm³/mol. The van der Waals surface area contributed by atoms with Gasteiger partial charge >= 0.3 is 0 Å². The number of rotatable bonds is 9. The second-order valence-electron chi connectivity index (χ2n) is 8.95. The number of anilines is 1. The molecule has 4 heterocycles. The first-order valence-corrected chi connectivity index (χ1v) is 11.7. The third kappa shape index (κ3) is 4.74. The first kappa shape index (κ1) is 22.6. The third-order valence-electron chi connectivity index (χ3n) is 6.54. The molecule has 3 aromatic heterocycles. The molecule has 0 radical (unpaired) electrons. The highest BCUT2D eigenvalue weighted by Crippen LogP contribution is 2.34. The van der Waals surface area contributed by atoms with Gasteiger partial charge in [0.15, 0.2) is 0 Å². The van der Waals surface area contributed by atoms with Crippen molar-refractivity contribution in [3.05, 3.63) is 54.1 Å². The van der Waals surface area contributed by atoms with Gasteiger partial charge in [0.05, 0.1) is 24.0 Å². The summed E-state index contributed by atoms with van der Waals surface area (Å²) in [5.41, 5.74) is 3.09. The number of nitrogens with zero attached hydrogens (tertiary/aromatic N) is 6. The summed E-state index contributed by atoms with van der Waals surface area (Å²) in [6.07, 6.45) is 4.97. The van der Waals surface area contributed by atoms with Gasteiger partial charge < -0.3 is 14.5 Å². The molecule has 3 aromatic rings. The summed E-state index contributed by atoms with van der Waals surface area (Å²) < 4.78 is 8.03. The van der Waals surface area contributed by atoms with Gasteiger partial charge in [-0.2, -0.15) is 0 Å². The van der Waals surface area contributed by atoms with Gasteiger partial charge in [-0.1, -0.05) is 6.07 Å². The van der Waals surface area contributed by atoms with E-state index in [1.165, 1.54) is 5.82 Å². The third-order valence-corrected chi connectivity index (χ3v) is 6.54. The zero-order valence-corrected chi connectivity index (χ0v) is 20.0. The summed E-state index contributed by atoms with van der Waals surface area (Å²) in [6, 6.07) is 11.1. The van der Waals surface area contributed by atoms with Crippen LogP contribution >= 0.6 is 0 Å². The van der Waals surface area contributed by atoms with Crippen LogP contribution in [0.1, 0.15) is 44.6 Å². The number of hydrogen-bond donors (Lipinski definition) is 0. The molecule has 0 aliphatic carbocycles. The van der Waals surface area contributed by atoms with Crippen LogP contribution in [0.2, 0.25) is 0 Å². The summed E-state index contributed by atoms with van der Waals surface area (Å²) in [6.45, 7) is 11.2. The Morgan fingerprint density at radius 1 is 1.16 bits per heavy atom. The fraction of sp³-hybridized carbons (Fsp3) is 0.520. The molecule has 0 unspecified atom stereocenters. The topological polar surface area (TPSA) is 49.1 Å². The summed E-state index contributed by atoms with van der Waals surface area (Å²) >= 11 is 0. The first-order valence-electron chi connectivity index (χ1n) is 11.7. The Kier molecular flexibility index (Phi) is 6.96. The Balaban J connectivity index is 1.53. The number of likely N-dealkylation sites (N-methyl/N-ethyl adjacent to an activating group) is 2. The Labute approximate surface area is 191 Å². The quantitative estimate of drug-likeness (QED) is 0.508. The van der Waals surface area contributed by atoms with Gasteiger partial charge in [-0.05, 0) is 59.1 Å². The fourth-order valence-electron chi connectivity index (χ4n) is 4.34. The van der Waals surface area contributed by atoms with Crippen LogP contribution in [0.3, 0.4) is 0 Å². The van der Waals surface area contributed by atoms with Crippen molar-refractivity contribution in [2.75, 3.05) is 45.2 Å². The molecule has 0 aromatic carbocycles. The van der Waals surface area contributed by atoms with E-state index in [0.29, 0.717) is 6.04 Å². The largest absolute Gasteiger partial charge is 0.492 e. The zero-order chi connectivity index (χ0) is 22.7. The van der Waals surface area contributed by atoms with Crippen molar-refractivity contribution in [2.45, 2.75) is 45.8 Å². The standard InChI is InChI=1S/C25H36N6O/c1-6-30(15-14-28(4)19(2)3)24-11-7-10-23-27-20(18-31(23)24)17-29(5)21-12-16-32-22-9-8-13-26-25(21)22/h7-11,13,18-19,21H,6,12,14-17H2,1-5H3/t21-/m0/s1. The van der Waals surface area contributed by atoms with Gasteiger partial charge in [0.2, 0.25) is 0 Å². The lowest BCUT2D eigenvalue weighted by Crippen LogP contribution is -2.37. The lowest BCUT2D eigenvalue weighted by Gasteiger charge is -2.31. The van der Waals surface area contributed by atoms with Crippen molar-refractivity contribution in [1.29, 1.82) is 0 Å². The minimum atomic E-state index is 0.239. The van der Waals surface area contributed by atoms with Crippen LogP contribution in [-0.2, 0) is 6.54 Å². The lowest BCUT2D eigenvalue weighted by molar-refractivity contribution is 0.155. The number of fused-ring (bicyclic) bond motifs is 2. The molecule has 1 aliphatic heterocycles. The molecule has 32 heavy (non-hydrogen) atoms. The van der Waals surface area contributed by atoms with E-state index < -0.39 is 0 Å². The minimum Gasteiger partial charge on any atom is -0.492 e. The van der Waals surface area contributed by atoms with Gasteiger partial charge in [-0.3, -0.25) is 14.3 Å². The molecule has 172 valence electrons. The Morgan fingerprint density at radius 2 is 2.00 bits per heavy atom. The summed E-state index contributed by atoms with van der Waals surface area (Å²) in [5.74, 6) is 2.10. The van der Waals surface area contributed by atoms with Crippen LogP contribution in [0.4, 0.5) is 5.82 Å². The number of aromatic nitrogens is 3. The Morgan fingerprint density at radius 3 is 2.78 bits per heavy atom. The van der Waals surface area contributed by atoms with E-state index in [1.54, 1.807) is 0 Å². The molecular formula is C25H36N6O. The van der Waals surface area contributed by atoms with E-state index in [1.807, 2.05) is 18.3 Å². The molecule has 0 fully saturated rings. The molecule has 0 saturated heterocycles. The minimum absolute atomic E-state index is 0.239. The molecule has 0 amide bonds. The smallest absolute Gasteiger partial charge is 0.142 e. The number of hydrogen-bond acceptors (Lipinski definition) is 6. The molecule has 0 spiro atoms. The van der Waals surface area contributed by atoms with Crippen molar-refractivity contribution < 1.29 is 4.74 Å². The molecule has 1 atom stereocenters. The van der Waals surface area contributed by atoms with E-state index in [-0.39, 0.29) is 6.04 Å². The van der Waals surface area contributed by atoms with Crippen LogP contribution < -0.4 is 9.64 Å². The highest BCUT2D eigenvalue weighted by molar-refractivity contribution is 5.52. The molecule has 1 aliphatic rings. The average molecular weight is 437 g/mol. The van der Waals surface area contributed by atoms with Crippen molar-refractivity contribution in [3.63, 3.8) is 0 Å². The van der Waals surface area contributed by atoms with E-state index >= 15 is 0 Å². The second-order valence-corrected chi connectivity index (χ2v) is 8.95. The lowest BCUT2D eigenvalue weighted by atomic mass is 10.1. The van der Waals surface area contributed by atoms with E-state index in [0.717, 1.165) is 62.0 Å². The summed E-state index contributed by atoms with van der Waals surface area (Å²) in [4.78, 5) is 16.7. The Hall–Kier alpha value is -2.64. The number of pyridine rings is 2. The van der Waals surface area contributed by atoms with Crippen LogP contribution in [0.15, 0.2) is 42.7 Å². The van der Waals surface area contributed by atoms with Crippen molar-refractivity contribution in [2.24, 2.45) is 0 Å². The van der Waals surface area contributed by atoms with Gasteiger partial charge in [-0.15, -0.1) is 0 Å². The monoisotopic (exact) mass is 436 g/mol. The van der Waals surface area contributed by atoms with Gasteiger partial charge in [0.25, 0.3) is 0 Å². The van der Waals surface area contributed by atoms with Gasteiger partial charge in [0, 0.05) is 51.0 Å².